The summed E-state index contributed by atoms with van der Waals surface area (Å²) in [5.74, 6) is -1.38. The highest BCUT2D eigenvalue weighted by Crippen LogP contribution is 2.24. The molecule has 0 radical (unpaired) electrons. The molecule has 19 heavy (non-hydrogen) atoms. The summed E-state index contributed by atoms with van der Waals surface area (Å²) in [5, 5.41) is 14.5. The summed E-state index contributed by atoms with van der Waals surface area (Å²) >= 11 is 0. The van der Waals surface area contributed by atoms with Crippen molar-refractivity contribution in [3.8, 4) is 0 Å². The average molecular weight is 262 g/mol. The first-order valence-electron chi connectivity index (χ1n) is 6.42. The van der Waals surface area contributed by atoms with E-state index in [1.807, 2.05) is 6.07 Å². The van der Waals surface area contributed by atoms with Crippen LogP contribution in [0.1, 0.15) is 24.5 Å². The number of fused-ring (bicyclic) bond motifs is 1. The fourth-order valence-corrected chi connectivity index (χ4v) is 2.35. The van der Waals surface area contributed by atoms with Crippen LogP contribution in [-0.4, -0.2) is 29.6 Å². The van der Waals surface area contributed by atoms with Gasteiger partial charge in [0.2, 0.25) is 5.91 Å². The van der Waals surface area contributed by atoms with Crippen LogP contribution in [0, 0.1) is 0 Å². The van der Waals surface area contributed by atoms with Crippen molar-refractivity contribution in [2.75, 3.05) is 11.9 Å². The molecule has 0 aromatic heterocycles. The molecule has 1 aromatic carbocycles. The summed E-state index contributed by atoms with van der Waals surface area (Å²) in [5.41, 5.74) is 3.61. The Hall–Kier alpha value is -2.04. The maximum absolute atomic E-state index is 11.0. The SMILES string of the molecule is CC(=O)NC(CNc1ccc2c(c1)CCC2)C(=O)O. The minimum absolute atomic E-state index is 0.174. The second-order valence-electron chi connectivity index (χ2n) is 4.81. The van der Waals surface area contributed by atoms with Crippen LogP contribution >= 0.6 is 0 Å². The van der Waals surface area contributed by atoms with E-state index in [-0.39, 0.29) is 12.5 Å². The first-order valence-corrected chi connectivity index (χ1v) is 6.42. The second-order valence-corrected chi connectivity index (χ2v) is 4.81. The number of carbonyl (C=O) groups is 2. The van der Waals surface area contributed by atoms with Gasteiger partial charge in [0.05, 0.1) is 0 Å². The van der Waals surface area contributed by atoms with Gasteiger partial charge in [-0.3, -0.25) is 4.79 Å². The molecule has 5 heteroatoms. The Morgan fingerprint density at radius 3 is 2.74 bits per heavy atom. The maximum atomic E-state index is 11.0. The molecule has 0 heterocycles. The van der Waals surface area contributed by atoms with E-state index in [4.69, 9.17) is 5.11 Å². The predicted molar refractivity (Wildman–Crippen MR) is 72.2 cm³/mol. The summed E-state index contributed by atoms with van der Waals surface area (Å²) in [6.45, 7) is 1.49. The number of benzene rings is 1. The molecule has 3 N–H and O–H groups in total. The molecule has 1 amide bonds. The van der Waals surface area contributed by atoms with Gasteiger partial charge in [0, 0.05) is 19.2 Å². The van der Waals surface area contributed by atoms with Gasteiger partial charge in [-0.2, -0.15) is 0 Å². The van der Waals surface area contributed by atoms with Gasteiger partial charge in [-0.05, 0) is 42.5 Å². The molecule has 1 aliphatic carbocycles. The Bertz CT molecular complexity index is 499. The fourth-order valence-electron chi connectivity index (χ4n) is 2.35. The van der Waals surface area contributed by atoms with Gasteiger partial charge in [-0.25, -0.2) is 4.79 Å². The largest absolute Gasteiger partial charge is 0.480 e. The van der Waals surface area contributed by atoms with Gasteiger partial charge in [0.15, 0.2) is 0 Å². The molecule has 1 aromatic rings. The zero-order valence-corrected chi connectivity index (χ0v) is 10.9. The van der Waals surface area contributed by atoms with Crippen LogP contribution < -0.4 is 10.6 Å². The van der Waals surface area contributed by atoms with Gasteiger partial charge in [0.25, 0.3) is 0 Å². The number of aryl methyl sites for hydroxylation is 2. The van der Waals surface area contributed by atoms with E-state index in [2.05, 4.69) is 22.8 Å². The summed E-state index contributed by atoms with van der Waals surface area (Å²) in [6.07, 6.45) is 3.39. The Labute approximate surface area is 112 Å². The molecule has 0 bridgehead atoms. The van der Waals surface area contributed by atoms with E-state index in [9.17, 15) is 9.59 Å². The molecule has 102 valence electrons. The van der Waals surface area contributed by atoms with E-state index < -0.39 is 12.0 Å². The van der Waals surface area contributed by atoms with Crippen molar-refractivity contribution in [2.45, 2.75) is 32.2 Å². The molecular weight excluding hydrogens is 244 g/mol. The molecule has 1 atom stereocenters. The lowest BCUT2D eigenvalue weighted by atomic mass is 10.1. The highest BCUT2D eigenvalue weighted by atomic mass is 16.4. The minimum Gasteiger partial charge on any atom is -0.480 e. The lowest BCUT2D eigenvalue weighted by Gasteiger charge is -2.15. The van der Waals surface area contributed by atoms with E-state index in [1.54, 1.807) is 0 Å². The molecule has 0 spiro atoms. The number of carboxylic acids is 1. The van der Waals surface area contributed by atoms with E-state index in [0.29, 0.717) is 0 Å². The number of nitrogens with one attached hydrogen (secondary N) is 2. The molecule has 0 saturated heterocycles. The standard InChI is InChI=1S/C14H18N2O3/c1-9(17)16-13(14(18)19)8-15-12-6-5-10-3-2-4-11(10)7-12/h5-7,13,15H,2-4,8H2,1H3,(H,16,17)(H,18,19). The third-order valence-electron chi connectivity index (χ3n) is 3.28. The van der Waals surface area contributed by atoms with Crippen molar-refractivity contribution in [3.63, 3.8) is 0 Å². The molecule has 0 fully saturated rings. The highest BCUT2D eigenvalue weighted by Gasteiger charge is 2.18. The van der Waals surface area contributed by atoms with Crippen LogP contribution in [-0.2, 0) is 22.4 Å². The van der Waals surface area contributed by atoms with E-state index >= 15 is 0 Å². The molecule has 2 rings (SSSR count). The Balaban J connectivity index is 1.97. The van der Waals surface area contributed by atoms with E-state index in [1.165, 1.54) is 24.5 Å². The van der Waals surface area contributed by atoms with Gasteiger partial charge in [0.1, 0.15) is 6.04 Å². The molecule has 1 unspecified atom stereocenters. The molecule has 1 aliphatic rings. The van der Waals surface area contributed by atoms with Crippen molar-refractivity contribution in [3.05, 3.63) is 29.3 Å². The third kappa shape index (κ3) is 3.47. The van der Waals surface area contributed by atoms with Crippen LogP contribution in [0.15, 0.2) is 18.2 Å². The summed E-state index contributed by atoms with van der Waals surface area (Å²) in [7, 11) is 0. The lowest BCUT2D eigenvalue weighted by molar-refractivity contribution is -0.141. The van der Waals surface area contributed by atoms with Gasteiger partial charge in [-0.1, -0.05) is 6.07 Å². The zero-order chi connectivity index (χ0) is 13.8. The van der Waals surface area contributed by atoms with Crippen molar-refractivity contribution >= 4 is 17.6 Å². The zero-order valence-electron chi connectivity index (χ0n) is 10.9. The van der Waals surface area contributed by atoms with Crippen LogP contribution in [0.2, 0.25) is 0 Å². The summed E-state index contributed by atoms with van der Waals surface area (Å²) in [4.78, 5) is 21.9. The van der Waals surface area contributed by atoms with Crippen LogP contribution in [0.5, 0.6) is 0 Å². The normalized spacial score (nSPS) is 14.6. The number of carboxylic acid groups (broad SMARTS) is 1. The summed E-state index contributed by atoms with van der Waals surface area (Å²) in [6, 6.07) is 5.19. The number of anilines is 1. The van der Waals surface area contributed by atoms with Crippen molar-refractivity contribution in [1.82, 2.24) is 5.32 Å². The molecule has 5 nitrogen and oxygen atoms in total. The lowest BCUT2D eigenvalue weighted by Crippen LogP contribution is -2.44. The monoisotopic (exact) mass is 262 g/mol. The van der Waals surface area contributed by atoms with Crippen molar-refractivity contribution < 1.29 is 14.7 Å². The minimum atomic E-state index is -1.04. The number of rotatable bonds is 5. The predicted octanol–water partition coefficient (Wildman–Crippen LogP) is 1.18. The smallest absolute Gasteiger partial charge is 0.328 e. The quantitative estimate of drug-likeness (QED) is 0.744. The topological polar surface area (TPSA) is 78.4 Å². The highest BCUT2D eigenvalue weighted by molar-refractivity contribution is 5.82. The van der Waals surface area contributed by atoms with Crippen molar-refractivity contribution in [2.24, 2.45) is 0 Å². The first-order chi connectivity index (χ1) is 9.06. The Kier molecular flexibility index (Phi) is 4.04. The number of carbonyl (C=O) groups excluding carboxylic acids is 1. The van der Waals surface area contributed by atoms with Gasteiger partial charge in [-0.15, -0.1) is 0 Å². The Morgan fingerprint density at radius 1 is 1.32 bits per heavy atom. The molecule has 0 saturated carbocycles. The number of amides is 1. The number of hydrogen-bond acceptors (Lipinski definition) is 3. The van der Waals surface area contributed by atoms with Crippen molar-refractivity contribution in [1.29, 1.82) is 0 Å². The molecule has 0 aliphatic heterocycles. The average Bonchev–Trinajstić information content (AvgIpc) is 2.80. The molecular formula is C14H18N2O3. The Morgan fingerprint density at radius 2 is 2.05 bits per heavy atom. The number of aliphatic carboxylic acids is 1. The third-order valence-corrected chi connectivity index (χ3v) is 3.28. The summed E-state index contributed by atoms with van der Waals surface area (Å²) < 4.78 is 0. The maximum Gasteiger partial charge on any atom is 0.328 e. The number of hydrogen-bond donors (Lipinski definition) is 3. The van der Waals surface area contributed by atoms with Gasteiger partial charge >= 0.3 is 5.97 Å². The van der Waals surface area contributed by atoms with Crippen LogP contribution in [0.3, 0.4) is 0 Å². The van der Waals surface area contributed by atoms with E-state index in [0.717, 1.165) is 18.5 Å². The van der Waals surface area contributed by atoms with Crippen LogP contribution in [0.25, 0.3) is 0 Å². The second kappa shape index (κ2) is 5.73. The van der Waals surface area contributed by atoms with Crippen LogP contribution in [0.4, 0.5) is 5.69 Å². The first kappa shape index (κ1) is 13.4. The van der Waals surface area contributed by atoms with Gasteiger partial charge < -0.3 is 15.7 Å². The fraction of sp³-hybridized carbons (Fsp3) is 0.429.